The normalized spacial score (nSPS) is 15.1. The predicted octanol–water partition coefficient (Wildman–Crippen LogP) is 1.78. The SMILES string of the molecule is Cc1nc2c(c(=O)[nH]1)CN(Cc1ccccc1F)CC2. The first-order valence-corrected chi connectivity index (χ1v) is 6.68. The number of halogens is 1. The summed E-state index contributed by atoms with van der Waals surface area (Å²) in [6, 6.07) is 6.75. The van der Waals surface area contributed by atoms with Crippen molar-refractivity contribution in [3.8, 4) is 0 Å². The van der Waals surface area contributed by atoms with E-state index in [0.29, 0.717) is 30.0 Å². The molecule has 1 aliphatic heterocycles. The molecule has 104 valence electrons. The lowest BCUT2D eigenvalue weighted by Crippen LogP contribution is -2.35. The smallest absolute Gasteiger partial charge is 0.255 e. The van der Waals surface area contributed by atoms with E-state index in [4.69, 9.17) is 0 Å². The van der Waals surface area contributed by atoms with Crippen LogP contribution in [0.2, 0.25) is 0 Å². The van der Waals surface area contributed by atoms with E-state index in [1.54, 1.807) is 19.1 Å². The minimum atomic E-state index is -0.200. The molecule has 1 N–H and O–H groups in total. The number of fused-ring (bicyclic) bond motifs is 1. The van der Waals surface area contributed by atoms with Gasteiger partial charge >= 0.3 is 0 Å². The van der Waals surface area contributed by atoms with Gasteiger partial charge in [0.15, 0.2) is 0 Å². The van der Waals surface area contributed by atoms with Crippen molar-refractivity contribution >= 4 is 0 Å². The van der Waals surface area contributed by atoms with Crippen LogP contribution in [0.4, 0.5) is 4.39 Å². The van der Waals surface area contributed by atoms with Crippen molar-refractivity contribution in [1.82, 2.24) is 14.9 Å². The van der Waals surface area contributed by atoms with Gasteiger partial charge in [-0.1, -0.05) is 18.2 Å². The molecule has 0 unspecified atom stereocenters. The van der Waals surface area contributed by atoms with E-state index in [0.717, 1.165) is 18.7 Å². The van der Waals surface area contributed by atoms with Crippen LogP contribution in [0.25, 0.3) is 0 Å². The summed E-state index contributed by atoms with van der Waals surface area (Å²) < 4.78 is 13.7. The monoisotopic (exact) mass is 273 g/mol. The van der Waals surface area contributed by atoms with E-state index in [9.17, 15) is 9.18 Å². The average Bonchev–Trinajstić information content (AvgIpc) is 2.42. The molecule has 0 atom stereocenters. The number of hydrogen-bond acceptors (Lipinski definition) is 3. The summed E-state index contributed by atoms with van der Waals surface area (Å²) in [5.74, 6) is 0.450. The Hall–Kier alpha value is -2.01. The number of aromatic amines is 1. The van der Waals surface area contributed by atoms with Gasteiger partial charge in [0.25, 0.3) is 5.56 Å². The molecule has 0 spiro atoms. The van der Waals surface area contributed by atoms with Gasteiger partial charge in [-0.25, -0.2) is 9.37 Å². The van der Waals surface area contributed by atoms with Gasteiger partial charge < -0.3 is 4.98 Å². The highest BCUT2D eigenvalue weighted by atomic mass is 19.1. The molecule has 5 heteroatoms. The van der Waals surface area contributed by atoms with E-state index in [1.165, 1.54) is 6.07 Å². The zero-order chi connectivity index (χ0) is 14.1. The van der Waals surface area contributed by atoms with Crippen molar-refractivity contribution in [3.05, 3.63) is 63.1 Å². The Balaban J connectivity index is 1.83. The Bertz CT molecular complexity index is 696. The standard InChI is InChI=1S/C15H16FN3O/c1-10-17-14-6-7-19(9-12(14)15(20)18-10)8-11-4-2-3-5-13(11)16/h2-5H,6-9H2,1H3,(H,17,18,20). The molecule has 3 rings (SSSR count). The minimum absolute atomic E-state index is 0.0780. The second-order valence-electron chi connectivity index (χ2n) is 5.13. The maximum absolute atomic E-state index is 13.7. The first-order valence-electron chi connectivity index (χ1n) is 6.68. The topological polar surface area (TPSA) is 49.0 Å². The zero-order valence-corrected chi connectivity index (χ0v) is 11.3. The van der Waals surface area contributed by atoms with Crippen LogP contribution in [-0.2, 0) is 19.5 Å². The van der Waals surface area contributed by atoms with Crippen LogP contribution in [-0.4, -0.2) is 21.4 Å². The average molecular weight is 273 g/mol. The minimum Gasteiger partial charge on any atom is -0.310 e. The molecule has 20 heavy (non-hydrogen) atoms. The Labute approximate surface area is 116 Å². The Morgan fingerprint density at radius 1 is 1.40 bits per heavy atom. The van der Waals surface area contributed by atoms with Gasteiger partial charge in [0, 0.05) is 31.6 Å². The third-order valence-electron chi connectivity index (χ3n) is 3.62. The van der Waals surface area contributed by atoms with Crippen LogP contribution >= 0.6 is 0 Å². The molecule has 0 fully saturated rings. The van der Waals surface area contributed by atoms with E-state index in [-0.39, 0.29) is 11.4 Å². The van der Waals surface area contributed by atoms with Crippen LogP contribution < -0.4 is 5.56 Å². The molecule has 4 nitrogen and oxygen atoms in total. The molecular weight excluding hydrogens is 257 g/mol. The molecule has 2 heterocycles. The van der Waals surface area contributed by atoms with Crippen molar-refractivity contribution in [3.63, 3.8) is 0 Å². The summed E-state index contributed by atoms with van der Waals surface area (Å²) in [4.78, 5) is 21.1. The Morgan fingerprint density at radius 2 is 2.20 bits per heavy atom. The fourth-order valence-electron chi connectivity index (χ4n) is 2.61. The van der Waals surface area contributed by atoms with Gasteiger partial charge in [-0.15, -0.1) is 0 Å². The lowest BCUT2D eigenvalue weighted by Gasteiger charge is -2.27. The fraction of sp³-hybridized carbons (Fsp3) is 0.333. The van der Waals surface area contributed by atoms with Crippen LogP contribution in [0.5, 0.6) is 0 Å². The van der Waals surface area contributed by atoms with Crippen LogP contribution in [0.1, 0.15) is 22.6 Å². The fourth-order valence-corrected chi connectivity index (χ4v) is 2.61. The third-order valence-corrected chi connectivity index (χ3v) is 3.62. The van der Waals surface area contributed by atoms with Crippen LogP contribution in [0.15, 0.2) is 29.1 Å². The number of nitrogens with one attached hydrogen (secondary N) is 1. The molecule has 1 aromatic carbocycles. The predicted molar refractivity (Wildman–Crippen MR) is 73.8 cm³/mol. The summed E-state index contributed by atoms with van der Waals surface area (Å²) in [6.07, 6.45) is 0.731. The van der Waals surface area contributed by atoms with Gasteiger partial charge in [0.05, 0.1) is 11.3 Å². The largest absolute Gasteiger partial charge is 0.310 e. The van der Waals surface area contributed by atoms with Gasteiger partial charge in [-0.3, -0.25) is 9.69 Å². The molecule has 0 amide bonds. The van der Waals surface area contributed by atoms with Crippen LogP contribution in [0, 0.1) is 12.7 Å². The number of H-pyrrole nitrogens is 1. The lowest BCUT2D eigenvalue weighted by molar-refractivity contribution is 0.238. The number of aryl methyl sites for hydroxylation is 1. The summed E-state index contributed by atoms with van der Waals surface area (Å²) in [5, 5.41) is 0. The highest BCUT2D eigenvalue weighted by molar-refractivity contribution is 5.22. The van der Waals surface area contributed by atoms with E-state index >= 15 is 0 Å². The molecule has 1 aliphatic rings. The third kappa shape index (κ3) is 2.49. The number of nitrogens with zero attached hydrogens (tertiary/aromatic N) is 2. The number of hydrogen-bond donors (Lipinski definition) is 1. The Kier molecular flexibility index (Phi) is 3.36. The van der Waals surface area contributed by atoms with E-state index < -0.39 is 0 Å². The molecule has 0 radical (unpaired) electrons. The molecule has 0 aliphatic carbocycles. The van der Waals surface area contributed by atoms with E-state index in [1.807, 2.05) is 6.07 Å². The van der Waals surface area contributed by atoms with Crippen molar-refractivity contribution < 1.29 is 4.39 Å². The van der Waals surface area contributed by atoms with Gasteiger partial charge in [0.2, 0.25) is 0 Å². The number of aromatic nitrogens is 2. The maximum Gasteiger partial charge on any atom is 0.255 e. The number of benzene rings is 1. The van der Waals surface area contributed by atoms with Crippen molar-refractivity contribution in [2.24, 2.45) is 0 Å². The first-order chi connectivity index (χ1) is 9.63. The first kappa shape index (κ1) is 13.0. The van der Waals surface area contributed by atoms with Crippen molar-refractivity contribution in [2.75, 3.05) is 6.54 Å². The molecule has 0 saturated heterocycles. The van der Waals surface area contributed by atoms with Gasteiger partial charge in [-0.2, -0.15) is 0 Å². The Morgan fingerprint density at radius 3 is 3.00 bits per heavy atom. The molecule has 0 bridgehead atoms. The number of rotatable bonds is 2. The van der Waals surface area contributed by atoms with Crippen LogP contribution in [0.3, 0.4) is 0 Å². The summed E-state index contributed by atoms with van der Waals surface area (Å²) in [5.41, 5.74) is 2.16. The van der Waals surface area contributed by atoms with Crippen molar-refractivity contribution in [1.29, 1.82) is 0 Å². The second kappa shape index (κ2) is 5.17. The lowest BCUT2D eigenvalue weighted by atomic mass is 10.1. The zero-order valence-electron chi connectivity index (χ0n) is 11.3. The highest BCUT2D eigenvalue weighted by Gasteiger charge is 2.21. The molecule has 1 aromatic heterocycles. The van der Waals surface area contributed by atoms with E-state index in [2.05, 4.69) is 14.9 Å². The quantitative estimate of drug-likeness (QED) is 0.907. The molecule has 2 aromatic rings. The van der Waals surface area contributed by atoms with Gasteiger partial charge in [0.1, 0.15) is 11.6 Å². The maximum atomic E-state index is 13.7. The van der Waals surface area contributed by atoms with Crippen molar-refractivity contribution in [2.45, 2.75) is 26.4 Å². The molecule has 0 saturated carbocycles. The summed E-state index contributed by atoms with van der Waals surface area (Å²) >= 11 is 0. The second-order valence-corrected chi connectivity index (χ2v) is 5.13. The molecular formula is C15H16FN3O. The van der Waals surface area contributed by atoms with Gasteiger partial charge in [-0.05, 0) is 13.0 Å². The summed E-state index contributed by atoms with van der Waals surface area (Å²) in [6.45, 7) is 3.61. The highest BCUT2D eigenvalue weighted by Crippen LogP contribution is 2.17. The summed E-state index contributed by atoms with van der Waals surface area (Å²) in [7, 11) is 0.